The van der Waals surface area contributed by atoms with Crippen LogP contribution >= 0.6 is 0 Å². The molecule has 0 aromatic heterocycles. The maximum absolute atomic E-state index is 9.49. The van der Waals surface area contributed by atoms with Gasteiger partial charge in [-0.15, -0.1) is 0 Å². The van der Waals surface area contributed by atoms with Crippen molar-refractivity contribution in [3.8, 4) is 0 Å². The van der Waals surface area contributed by atoms with Crippen molar-refractivity contribution in [1.82, 2.24) is 0 Å². The zero-order valence-corrected chi connectivity index (χ0v) is 6.79. The van der Waals surface area contributed by atoms with Crippen LogP contribution in [0.25, 0.3) is 0 Å². The first-order valence-electron chi connectivity index (χ1n) is 3.82. The first kappa shape index (κ1) is 8.50. The fourth-order valence-corrected chi connectivity index (χ4v) is 1.21. The molecule has 1 rings (SSSR count). The second kappa shape index (κ2) is 3.69. The molecule has 1 saturated heterocycles. The molecule has 0 spiro atoms. The average Bonchev–Trinajstić information content (AvgIpc) is 2.36. The first-order chi connectivity index (χ1) is 5.25. The van der Waals surface area contributed by atoms with Crippen LogP contribution in [0.1, 0.15) is 6.92 Å². The SMILES string of the molecule is C=C1COC[C@@H]1[C@@H](O)/C=C/C. The molecule has 11 heavy (non-hydrogen) atoms. The Morgan fingerprint density at radius 2 is 2.55 bits per heavy atom. The molecule has 0 aromatic rings. The summed E-state index contributed by atoms with van der Waals surface area (Å²) >= 11 is 0. The molecule has 2 heteroatoms. The number of rotatable bonds is 2. The standard InChI is InChI=1S/C9H14O2/c1-3-4-9(10)8-6-11-5-7(8)2/h3-4,8-10H,2,5-6H2,1H3/b4-3+/t8-,9-/m0/s1. The molecule has 62 valence electrons. The fraction of sp³-hybridized carbons (Fsp3) is 0.556. The number of aliphatic hydroxyl groups is 1. The van der Waals surface area contributed by atoms with Crippen molar-refractivity contribution in [1.29, 1.82) is 0 Å². The zero-order valence-electron chi connectivity index (χ0n) is 6.79. The summed E-state index contributed by atoms with van der Waals surface area (Å²) in [6, 6.07) is 0. The van der Waals surface area contributed by atoms with E-state index in [1.54, 1.807) is 6.08 Å². The molecule has 0 saturated carbocycles. The maximum atomic E-state index is 9.49. The third kappa shape index (κ3) is 1.91. The molecule has 0 aromatic carbocycles. The Hall–Kier alpha value is -0.600. The zero-order chi connectivity index (χ0) is 8.27. The molecule has 1 fully saturated rings. The lowest BCUT2D eigenvalue weighted by Gasteiger charge is -2.12. The third-order valence-corrected chi connectivity index (χ3v) is 1.91. The quantitative estimate of drug-likeness (QED) is 0.604. The molecule has 0 bridgehead atoms. The molecule has 1 heterocycles. The van der Waals surface area contributed by atoms with Crippen molar-refractivity contribution in [3.63, 3.8) is 0 Å². The highest BCUT2D eigenvalue weighted by atomic mass is 16.5. The number of aliphatic hydroxyl groups excluding tert-OH is 1. The number of hydrogen-bond donors (Lipinski definition) is 1. The molecule has 1 aliphatic heterocycles. The highest BCUT2D eigenvalue weighted by Crippen LogP contribution is 2.21. The van der Waals surface area contributed by atoms with Crippen molar-refractivity contribution >= 4 is 0 Å². The Kier molecular flexibility index (Phi) is 2.85. The normalized spacial score (nSPS) is 28.2. The summed E-state index contributed by atoms with van der Waals surface area (Å²) in [7, 11) is 0. The van der Waals surface area contributed by atoms with Crippen LogP contribution in [-0.4, -0.2) is 24.4 Å². The third-order valence-electron chi connectivity index (χ3n) is 1.91. The van der Waals surface area contributed by atoms with Gasteiger partial charge in [0, 0.05) is 5.92 Å². The molecular weight excluding hydrogens is 140 g/mol. The van der Waals surface area contributed by atoms with Gasteiger partial charge in [-0.3, -0.25) is 0 Å². The topological polar surface area (TPSA) is 29.5 Å². The van der Waals surface area contributed by atoms with Crippen molar-refractivity contribution in [2.24, 2.45) is 5.92 Å². The molecule has 0 radical (unpaired) electrons. The Balaban J connectivity index is 2.52. The van der Waals surface area contributed by atoms with Gasteiger partial charge in [-0.1, -0.05) is 18.7 Å². The summed E-state index contributed by atoms with van der Waals surface area (Å²) in [4.78, 5) is 0. The van der Waals surface area contributed by atoms with Crippen molar-refractivity contribution < 1.29 is 9.84 Å². The van der Waals surface area contributed by atoms with Gasteiger partial charge in [-0.25, -0.2) is 0 Å². The van der Waals surface area contributed by atoms with Crippen LogP contribution < -0.4 is 0 Å². The van der Waals surface area contributed by atoms with Crippen LogP contribution in [-0.2, 0) is 4.74 Å². The van der Waals surface area contributed by atoms with E-state index in [0.717, 1.165) is 5.57 Å². The highest BCUT2D eigenvalue weighted by Gasteiger charge is 2.25. The van der Waals surface area contributed by atoms with Gasteiger partial charge in [0.2, 0.25) is 0 Å². The number of ether oxygens (including phenoxy) is 1. The summed E-state index contributed by atoms with van der Waals surface area (Å²) in [6.07, 6.45) is 3.19. The Bertz CT molecular complexity index is 172. The molecular formula is C9H14O2. The largest absolute Gasteiger partial charge is 0.388 e. The lowest BCUT2D eigenvalue weighted by Crippen LogP contribution is -2.19. The summed E-state index contributed by atoms with van der Waals surface area (Å²) in [5, 5.41) is 9.49. The minimum Gasteiger partial charge on any atom is -0.388 e. The van der Waals surface area contributed by atoms with Crippen LogP contribution in [0.4, 0.5) is 0 Å². The summed E-state index contributed by atoms with van der Waals surface area (Å²) in [5.41, 5.74) is 0.996. The summed E-state index contributed by atoms with van der Waals surface area (Å²) in [5.74, 6) is 0.103. The minimum absolute atomic E-state index is 0.103. The molecule has 0 aliphatic carbocycles. The van der Waals surface area contributed by atoms with E-state index in [0.29, 0.717) is 13.2 Å². The van der Waals surface area contributed by atoms with Gasteiger partial charge >= 0.3 is 0 Å². The van der Waals surface area contributed by atoms with Crippen LogP contribution in [0.2, 0.25) is 0 Å². The van der Waals surface area contributed by atoms with Gasteiger partial charge in [0.15, 0.2) is 0 Å². The molecule has 2 atom stereocenters. The van der Waals surface area contributed by atoms with E-state index < -0.39 is 6.10 Å². The van der Waals surface area contributed by atoms with Crippen molar-refractivity contribution in [2.45, 2.75) is 13.0 Å². The van der Waals surface area contributed by atoms with Gasteiger partial charge in [0.05, 0.1) is 19.3 Å². The minimum atomic E-state index is -0.421. The molecule has 1 aliphatic rings. The van der Waals surface area contributed by atoms with Gasteiger partial charge in [-0.2, -0.15) is 0 Å². The van der Waals surface area contributed by atoms with E-state index in [2.05, 4.69) is 6.58 Å². The number of allylic oxidation sites excluding steroid dienone is 1. The van der Waals surface area contributed by atoms with E-state index in [9.17, 15) is 5.11 Å². The van der Waals surface area contributed by atoms with Crippen LogP contribution in [0, 0.1) is 5.92 Å². The van der Waals surface area contributed by atoms with E-state index >= 15 is 0 Å². The second-order valence-electron chi connectivity index (χ2n) is 2.80. The smallest absolute Gasteiger partial charge is 0.0809 e. The van der Waals surface area contributed by atoms with Crippen LogP contribution in [0.15, 0.2) is 24.3 Å². The van der Waals surface area contributed by atoms with E-state index in [4.69, 9.17) is 4.74 Å². The van der Waals surface area contributed by atoms with Crippen LogP contribution in [0.3, 0.4) is 0 Å². The monoisotopic (exact) mass is 154 g/mol. The lowest BCUT2D eigenvalue weighted by molar-refractivity contribution is 0.127. The average molecular weight is 154 g/mol. The van der Waals surface area contributed by atoms with E-state index in [-0.39, 0.29) is 5.92 Å². The van der Waals surface area contributed by atoms with Crippen molar-refractivity contribution in [2.75, 3.05) is 13.2 Å². The van der Waals surface area contributed by atoms with Crippen LogP contribution in [0.5, 0.6) is 0 Å². The van der Waals surface area contributed by atoms with Crippen molar-refractivity contribution in [3.05, 3.63) is 24.3 Å². The predicted molar refractivity (Wildman–Crippen MR) is 44.3 cm³/mol. The first-order valence-corrected chi connectivity index (χ1v) is 3.82. The molecule has 0 amide bonds. The van der Waals surface area contributed by atoms with Gasteiger partial charge < -0.3 is 9.84 Å². The molecule has 2 nitrogen and oxygen atoms in total. The van der Waals surface area contributed by atoms with Gasteiger partial charge in [0.1, 0.15) is 0 Å². The second-order valence-corrected chi connectivity index (χ2v) is 2.80. The molecule has 0 unspecified atom stereocenters. The summed E-state index contributed by atoms with van der Waals surface area (Å²) < 4.78 is 5.14. The Labute approximate surface area is 67.2 Å². The van der Waals surface area contributed by atoms with E-state index in [1.807, 2.05) is 13.0 Å². The Morgan fingerprint density at radius 3 is 3.00 bits per heavy atom. The highest BCUT2D eigenvalue weighted by molar-refractivity contribution is 5.11. The predicted octanol–water partition coefficient (Wildman–Crippen LogP) is 1.13. The van der Waals surface area contributed by atoms with E-state index in [1.165, 1.54) is 0 Å². The lowest BCUT2D eigenvalue weighted by atomic mass is 9.97. The summed E-state index contributed by atoms with van der Waals surface area (Å²) in [6.45, 7) is 6.91. The molecule has 1 N–H and O–H groups in total. The fourth-order valence-electron chi connectivity index (χ4n) is 1.21. The number of hydrogen-bond acceptors (Lipinski definition) is 2. The Morgan fingerprint density at radius 1 is 1.82 bits per heavy atom. The maximum Gasteiger partial charge on any atom is 0.0809 e. The van der Waals surface area contributed by atoms with Gasteiger partial charge in [0.25, 0.3) is 0 Å². The van der Waals surface area contributed by atoms with Gasteiger partial charge in [-0.05, 0) is 12.5 Å².